The van der Waals surface area contributed by atoms with Gasteiger partial charge in [0.25, 0.3) is 0 Å². The van der Waals surface area contributed by atoms with Crippen molar-refractivity contribution in [3.05, 3.63) is 64.7 Å². The summed E-state index contributed by atoms with van der Waals surface area (Å²) in [5.41, 5.74) is 3.18. The summed E-state index contributed by atoms with van der Waals surface area (Å²) < 4.78 is 59.5. The van der Waals surface area contributed by atoms with Crippen molar-refractivity contribution in [2.24, 2.45) is 0 Å². The number of fused-ring (bicyclic) bond motifs is 10. The molecule has 3 aromatic rings. The number of benzene rings is 3. The van der Waals surface area contributed by atoms with Crippen LogP contribution in [-0.4, -0.2) is 91.7 Å². The molecule has 0 N–H and O–H groups in total. The van der Waals surface area contributed by atoms with Gasteiger partial charge in [-0.3, -0.25) is 4.79 Å². The van der Waals surface area contributed by atoms with Crippen molar-refractivity contribution in [1.82, 2.24) is 0 Å². The summed E-state index contributed by atoms with van der Waals surface area (Å²) in [5, 5.41) is 0. The molecule has 1 saturated heterocycles. The van der Waals surface area contributed by atoms with Crippen LogP contribution in [-0.2, 0) is 23.7 Å². The molecule has 3 aliphatic rings. The molecule has 12 heteroatoms. The molecule has 3 aliphatic heterocycles. The molecule has 0 saturated carbocycles. The number of rotatable bonds is 6. The van der Waals surface area contributed by atoms with E-state index in [-0.39, 0.29) is 24.4 Å². The summed E-state index contributed by atoms with van der Waals surface area (Å²) in [5.74, 6) is 1.09. The van der Waals surface area contributed by atoms with Gasteiger partial charge in [0.05, 0.1) is 27.8 Å². The lowest BCUT2D eigenvalue weighted by Gasteiger charge is -2.44. The molecule has 0 spiro atoms. The van der Waals surface area contributed by atoms with Crippen LogP contribution in [0.25, 0.3) is 11.1 Å². The second kappa shape index (κ2) is 13.4. The Kier molecular flexibility index (Phi) is 9.29. The molecular weight excluding hydrogens is 612 g/mol. The molecule has 1 fully saturated rings. The van der Waals surface area contributed by atoms with Crippen LogP contribution in [0, 0.1) is 6.92 Å². The van der Waals surface area contributed by atoms with Gasteiger partial charge >= 0.3 is 5.97 Å². The maximum Gasteiger partial charge on any atom is 0.342 e. The lowest BCUT2D eigenvalue weighted by molar-refractivity contribution is -0.291. The van der Waals surface area contributed by atoms with Crippen LogP contribution in [0.4, 0.5) is 0 Å². The normalized spacial score (nSPS) is 25.1. The highest BCUT2D eigenvalue weighted by Gasteiger charge is 2.49. The fourth-order valence-corrected chi connectivity index (χ4v) is 6.55. The Morgan fingerprint density at radius 3 is 2.11 bits per heavy atom. The van der Waals surface area contributed by atoms with Crippen molar-refractivity contribution >= 4 is 11.8 Å². The molecule has 6 unspecified atom stereocenters. The third kappa shape index (κ3) is 5.75. The molecular formula is C35H38O12. The maximum atomic E-state index is 13.7. The summed E-state index contributed by atoms with van der Waals surface area (Å²) in [4.78, 5) is 27.3. The molecule has 0 aliphatic carbocycles. The smallest absolute Gasteiger partial charge is 0.342 e. The molecule has 3 aromatic carbocycles. The second-order valence-corrected chi connectivity index (χ2v) is 11.4. The predicted octanol–water partition coefficient (Wildman–Crippen LogP) is 4.71. The van der Waals surface area contributed by atoms with Crippen LogP contribution in [0.5, 0.6) is 28.7 Å². The highest BCUT2D eigenvalue weighted by molar-refractivity contribution is 6.03. The zero-order chi connectivity index (χ0) is 33.4. The highest BCUT2D eigenvalue weighted by Crippen LogP contribution is 2.47. The van der Waals surface area contributed by atoms with E-state index in [4.69, 9.17) is 47.4 Å². The minimum atomic E-state index is -1.04. The fraction of sp³-hybridized carbons (Fsp3) is 0.429. The molecule has 47 heavy (non-hydrogen) atoms. The molecule has 9 bridgehead atoms. The number of ketones is 1. The minimum Gasteiger partial charge on any atom is -0.496 e. The van der Waals surface area contributed by atoms with Crippen LogP contribution in [0.15, 0.2) is 42.5 Å². The van der Waals surface area contributed by atoms with E-state index in [1.807, 2.05) is 18.2 Å². The zero-order valence-corrected chi connectivity index (χ0v) is 27.3. The Morgan fingerprint density at radius 1 is 0.723 bits per heavy atom. The molecule has 6 rings (SSSR count). The number of hydrogen-bond donors (Lipinski definition) is 0. The van der Waals surface area contributed by atoms with Crippen molar-refractivity contribution in [1.29, 1.82) is 0 Å². The number of hydrogen-bond acceptors (Lipinski definition) is 12. The number of Topliss-reactive ketones (excluding diaryl/α,β-unsaturated/α-hetero) is 1. The lowest BCUT2D eigenvalue weighted by atomic mass is 9.91. The molecule has 0 radical (unpaired) electrons. The Morgan fingerprint density at radius 2 is 1.43 bits per heavy atom. The Balaban J connectivity index is 1.54. The number of esters is 1. The predicted molar refractivity (Wildman–Crippen MR) is 167 cm³/mol. The largest absolute Gasteiger partial charge is 0.496 e. The van der Waals surface area contributed by atoms with Gasteiger partial charge in [-0.25, -0.2) is 4.79 Å². The first kappa shape index (κ1) is 32.6. The van der Waals surface area contributed by atoms with Gasteiger partial charge in [-0.2, -0.15) is 0 Å². The topological polar surface area (TPSA) is 126 Å². The molecule has 0 amide bonds. The zero-order valence-electron chi connectivity index (χ0n) is 27.3. The van der Waals surface area contributed by atoms with E-state index in [0.29, 0.717) is 51.0 Å². The van der Waals surface area contributed by atoms with E-state index in [1.54, 1.807) is 38.3 Å². The molecule has 0 aromatic heterocycles. The van der Waals surface area contributed by atoms with E-state index in [9.17, 15) is 9.59 Å². The third-order valence-electron chi connectivity index (χ3n) is 8.92. The van der Waals surface area contributed by atoms with Gasteiger partial charge in [0.2, 0.25) is 6.29 Å². The average molecular weight is 651 g/mol. The first-order chi connectivity index (χ1) is 22.8. The Bertz CT molecular complexity index is 1670. The van der Waals surface area contributed by atoms with E-state index in [1.165, 1.54) is 35.5 Å². The standard InChI is InChI=1S/C35H38O12/c1-17-25-15-27-29(30(17)40-4)22(36)14-26(45-27)19-9-11-23(38-2)20(13-19)18-8-10-24(39-3)21(12-18)34(37)44-16-28-31(41-5)32(42-6)33(43-7)35(46-25)47-28/h8-13,15,26,28,31-33,35H,14,16H2,1-7H3. The number of methoxy groups -OCH3 is 6. The van der Waals surface area contributed by atoms with Crippen molar-refractivity contribution in [3.8, 4) is 39.9 Å². The van der Waals surface area contributed by atoms with Crippen molar-refractivity contribution in [2.75, 3.05) is 49.3 Å². The van der Waals surface area contributed by atoms with Gasteiger partial charge in [0, 0.05) is 38.5 Å². The summed E-state index contributed by atoms with van der Waals surface area (Å²) in [6, 6.07) is 12.4. The Hall–Kier alpha value is -4.36. The first-order valence-corrected chi connectivity index (χ1v) is 15.1. The van der Waals surface area contributed by atoms with Crippen molar-refractivity contribution in [2.45, 2.75) is 50.2 Å². The molecule has 250 valence electrons. The maximum absolute atomic E-state index is 13.7. The van der Waals surface area contributed by atoms with Crippen LogP contribution < -0.4 is 23.7 Å². The number of carbonyl (C=O) groups is 2. The highest BCUT2D eigenvalue weighted by atomic mass is 16.7. The summed E-state index contributed by atoms with van der Waals surface area (Å²) in [7, 11) is 9.08. The van der Waals surface area contributed by atoms with Crippen molar-refractivity contribution < 1.29 is 57.0 Å². The van der Waals surface area contributed by atoms with Gasteiger partial charge in [-0.15, -0.1) is 0 Å². The fourth-order valence-electron chi connectivity index (χ4n) is 6.55. The van der Waals surface area contributed by atoms with Crippen molar-refractivity contribution in [3.63, 3.8) is 0 Å². The second-order valence-electron chi connectivity index (χ2n) is 11.4. The van der Waals surface area contributed by atoms with Crippen LogP contribution in [0.3, 0.4) is 0 Å². The lowest BCUT2D eigenvalue weighted by Crippen LogP contribution is -2.62. The van der Waals surface area contributed by atoms with Gasteiger partial charge in [-0.1, -0.05) is 12.1 Å². The van der Waals surface area contributed by atoms with E-state index in [2.05, 4.69) is 0 Å². The Labute approximate surface area is 272 Å². The minimum absolute atomic E-state index is 0.0715. The van der Waals surface area contributed by atoms with Gasteiger partial charge < -0.3 is 47.4 Å². The summed E-state index contributed by atoms with van der Waals surface area (Å²) in [6.45, 7) is 1.58. The van der Waals surface area contributed by atoms with E-state index < -0.39 is 42.8 Å². The third-order valence-corrected chi connectivity index (χ3v) is 8.92. The van der Waals surface area contributed by atoms with Crippen LogP contribution >= 0.6 is 0 Å². The number of cyclic esters (lactones) is 1. The number of ether oxygens (including phenoxy) is 10. The summed E-state index contributed by atoms with van der Waals surface area (Å²) in [6.07, 6.45) is -4.55. The molecule has 6 atom stereocenters. The van der Waals surface area contributed by atoms with Gasteiger partial charge in [0.15, 0.2) is 5.78 Å². The SMILES string of the molecule is COc1ccc2cc1C(=O)OCC1OC(Oc3cc4c(c(OC)c3C)C(=O)CC(O4)c3ccc(OC)c-2c3)C(OC)C(OC)C1OC. The average Bonchev–Trinajstić information content (AvgIpc) is 3.09. The first-order valence-electron chi connectivity index (χ1n) is 15.1. The molecule has 12 nitrogen and oxygen atoms in total. The molecule has 3 heterocycles. The number of carbonyl (C=O) groups excluding carboxylic acids is 2. The summed E-state index contributed by atoms with van der Waals surface area (Å²) >= 11 is 0. The van der Waals surface area contributed by atoms with E-state index in [0.717, 1.165) is 5.56 Å². The monoisotopic (exact) mass is 650 g/mol. The quantitative estimate of drug-likeness (QED) is 0.343. The van der Waals surface area contributed by atoms with E-state index >= 15 is 0 Å². The van der Waals surface area contributed by atoms with Gasteiger partial charge in [0.1, 0.15) is 77.0 Å². The van der Waals surface area contributed by atoms with Crippen LogP contribution in [0.1, 0.15) is 44.4 Å². The van der Waals surface area contributed by atoms with Crippen LogP contribution in [0.2, 0.25) is 0 Å². The van der Waals surface area contributed by atoms with Gasteiger partial charge in [-0.05, 0) is 42.3 Å².